The summed E-state index contributed by atoms with van der Waals surface area (Å²) < 4.78 is 0. The van der Waals surface area contributed by atoms with Crippen LogP contribution in [0.3, 0.4) is 0 Å². The molecule has 0 radical (unpaired) electrons. The van der Waals surface area contributed by atoms with E-state index in [-0.39, 0.29) is 0 Å². The molecule has 0 rings (SSSR count). The van der Waals surface area contributed by atoms with Crippen molar-refractivity contribution in [2.45, 2.75) is 52.5 Å². The molecule has 1 unspecified atom stereocenters. The number of likely N-dealkylation sites (N-methyl/N-ethyl adjacent to an activating group) is 1. The molecule has 1 N–H and O–H groups in total. The van der Waals surface area contributed by atoms with Crippen molar-refractivity contribution >= 4 is 0 Å². The summed E-state index contributed by atoms with van der Waals surface area (Å²) in [4.78, 5) is 0. The van der Waals surface area contributed by atoms with E-state index in [0.717, 1.165) is 0 Å². The SMILES string of the molecule is CCCCCC(C=C(C)C)NC. The zero-order chi connectivity index (χ0) is 9.40. The van der Waals surface area contributed by atoms with Crippen LogP contribution in [0.1, 0.15) is 46.5 Å². The Bertz CT molecular complexity index is 123. The quantitative estimate of drug-likeness (QED) is 0.476. The molecule has 1 nitrogen and oxygen atoms in total. The van der Waals surface area contributed by atoms with Crippen LogP contribution in [0.2, 0.25) is 0 Å². The first-order valence-electron chi connectivity index (χ1n) is 5.03. The Morgan fingerprint density at radius 3 is 2.42 bits per heavy atom. The summed E-state index contributed by atoms with van der Waals surface area (Å²) in [5, 5.41) is 3.32. The fourth-order valence-electron chi connectivity index (χ4n) is 1.33. The lowest BCUT2D eigenvalue weighted by Gasteiger charge is -2.11. The highest BCUT2D eigenvalue weighted by atomic mass is 14.9. The van der Waals surface area contributed by atoms with Crippen molar-refractivity contribution in [3.63, 3.8) is 0 Å². The molecule has 0 heterocycles. The molecule has 1 heteroatoms. The van der Waals surface area contributed by atoms with Gasteiger partial charge >= 0.3 is 0 Å². The number of rotatable bonds is 6. The zero-order valence-corrected chi connectivity index (χ0v) is 8.98. The van der Waals surface area contributed by atoms with Gasteiger partial charge in [-0.25, -0.2) is 0 Å². The van der Waals surface area contributed by atoms with Crippen LogP contribution in [0.4, 0.5) is 0 Å². The van der Waals surface area contributed by atoms with Gasteiger partial charge in [-0.1, -0.05) is 37.8 Å². The van der Waals surface area contributed by atoms with Crippen LogP contribution < -0.4 is 5.32 Å². The summed E-state index contributed by atoms with van der Waals surface area (Å²) in [6, 6.07) is 0.585. The summed E-state index contributed by atoms with van der Waals surface area (Å²) in [7, 11) is 2.04. The van der Waals surface area contributed by atoms with E-state index >= 15 is 0 Å². The van der Waals surface area contributed by atoms with Gasteiger partial charge in [0, 0.05) is 6.04 Å². The molecular formula is C11H23N. The minimum Gasteiger partial charge on any atom is -0.314 e. The Kier molecular flexibility index (Phi) is 7.17. The molecule has 1 atom stereocenters. The first-order chi connectivity index (χ1) is 5.70. The van der Waals surface area contributed by atoms with E-state index in [1.807, 2.05) is 7.05 Å². The van der Waals surface area contributed by atoms with E-state index in [9.17, 15) is 0 Å². The first kappa shape index (κ1) is 11.7. The van der Waals surface area contributed by atoms with Gasteiger partial charge in [-0.3, -0.25) is 0 Å². The predicted molar refractivity (Wildman–Crippen MR) is 56.4 cm³/mol. The zero-order valence-electron chi connectivity index (χ0n) is 8.98. The van der Waals surface area contributed by atoms with Crippen molar-refractivity contribution < 1.29 is 0 Å². The highest BCUT2D eigenvalue weighted by molar-refractivity contribution is 5.00. The molecule has 0 saturated carbocycles. The smallest absolute Gasteiger partial charge is 0.0249 e. The van der Waals surface area contributed by atoms with Gasteiger partial charge in [-0.05, 0) is 27.3 Å². The second kappa shape index (κ2) is 7.35. The highest BCUT2D eigenvalue weighted by Gasteiger charge is 2.00. The maximum atomic E-state index is 3.32. The minimum atomic E-state index is 0.585. The van der Waals surface area contributed by atoms with Gasteiger partial charge in [0.05, 0.1) is 0 Å². The number of hydrogen-bond donors (Lipinski definition) is 1. The molecule has 0 aliphatic carbocycles. The molecule has 0 saturated heterocycles. The number of unbranched alkanes of at least 4 members (excludes halogenated alkanes) is 2. The van der Waals surface area contributed by atoms with Gasteiger partial charge in [0.1, 0.15) is 0 Å². The van der Waals surface area contributed by atoms with Crippen molar-refractivity contribution in [1.29, 1.82) is 0 Å². The van der Waals surface area contributed by atoms with Gasteiger partial charge < -0.3 is 5.32 Å². The summed E-state index contributed by atoms with van der Waals surface area (Å²) in [5.41, 5.74) is 1.41. The van der Waals surface area contributed by atoms with Crippen molar-refractivity contribution in [3.8, 4) is 0 Å². The van der Waals surface area contributed by atoms with E-state index in [2.05, 4.69) is 32.2 Å². The van der Waals surface area contributed by atoms with Gasteiger partial charge in [-0.2, -0.15) is 0 Å². The second-order valence-electron chi connectivity index (χ2n) is 3.63. The topological polar surface area (TPSA) is 12.0 Å². The Hall–Kier alpha value is -0.300. The first-order valence-corrected chi connectivity index (χ1v) is 5.03. The molecule has 0 aromatic carbocycles. The van der Waals surface area contributed by atoms with Crippen LogP contribution in [0.25, 0.3) is 0 Å². The fraction of sp³-hybridized carbons (Fsp3) is 0.818. The van der Waals surface area contributed by atoms with Crippen LogP contribution >= 0.6 is 0 Å². The number of hydrogen-bond acceptors (Lipinski definition) is 1. The molecule has 0 fully saturated rings. The summed E-state index contributed by atoms with van der Waals surface area (Å²) in [6.45, 7) is 6.56. The standard InChI is InChI=1S/C11H23N/c1-5-6-7-8-11(12-4)9-10(2)3/h9,11-12H,5-8H2,1-4H3. The van der Waals surface area contributed by atoms with Crippen LogP contribution in [0, 0.1) is 0 Å². The Balaban J connectivity index is 3.61. The van der Waals surface area contributed by atoms with Crippen molar-refractivity contribution in [1.82, 2.24) is 5.32 Å². The van der Waals surface area contributed by atoms with E-state index in [0.29, 0.717) is 6.04 Å². The third-order valence-electron chi connectivity index (χ3n) is 2.02. The van der Waals surface area contributed by atoms with Crippen LogP contribution in [0.5, 0.6) is 0 Å². The molecule has 0 aliphatic rings. The molecule has 0 amide bonds. The van der Waals surface area contributed by atoms with E-state index in [1.165, 1.54) is 31.3 Å². The van der Waals surface area contributed by atoms with Crippen molar-refractivity contribution in [2.75, 3.05) is 7.05 Å². The third-order valence-corrected chi connectivity index (χ3v) is 2.02. The Morgan fingerprint density at radius 1 is 1.33 bits per heavy atom. The van der Waals surface area contributed by atoms with Crippen molar-refractivity contribution in [2.24, 2.45) is 0 Å². The van der Waals surface area contributed by atoms with Crippen LogP contribution in [-0.4, -0.2) is 13.1 Å². The molecular weight excluding hydrogens is 146 g/mol. The summed E-state index contributed by atoms with van der Waals surface area (Å²) >= 11 is 0. The Morgan fingerprint density at radius 2 is 2.00 bits per heavy atom. The maximum Gasteiger partial charge on any atom is 0.0249 e. The van der Waals surface area contributed by atoms with Gasteiger partial charge in [0.15, 0.2) is 0 Å². The predicted octanol–water partition coefficient (Wildman–Crippen LogP) is 3.12. The molecule has 0 aromatic heterocycles. The van der Waals surface area contributed by atoms with Gasteiger partial charge in [-0.15, -0.1) is 0 Å². The maximum absolute atomic E-state index is 3.32. The molecule has 12 heavy (non-hydrogen) atoms. The Labute approximate surface area is 77.2 Å². The minimum absolute atomic E-state index is 0.585. The average Bonchev–Trinajstić information content (AvgIpc) is 2.02. The average molecular weight is 169 g/mol. The van der Waals surface area contributed by atoms with E-state index in [1.54, 1.807) is 0 Å². The molecule has 0 bridgehead atoms. The third kappa shape index (κ3) is 6.41. The van der Waals surface area contributed by atoms with Crippen molar-refractivity contribution in [3.05, 3.63) is 11.6 Å². The lowest BCUT2D eigenvalue weighted by molar-refractivity contribution is 0.560. The van der Waals surface area contributed by atoms with Gasteiger partial charge in [0.2, 0.25) is 0 Å². The monoisotopic (exact) mass is 169 g/mol. The lowest BCUT2D eigenvalue weighted by atomic mass is 10.1. The molecule has 0 aliphatic heterocycles. The summed E-state index contributed by atoms with van der Waals surface area (Å²) in [6.07, 6.45) is 7.59. The number of nitrogens with one attached hydrogen (secondary N) is 1. The molecule has 0 aromatic rings. The molecule has 72 valence electrons. The lowest BCUT2D eigenvalue weighted by Crippen LogP contribution is -2.22. The van der Waals surface area contributed by atoms with Crippen LogP contribution in [0.15, 0.2) is 11.6 Å². The second-order valence-corrected chi connectivity index (χ2v) is 3.63. The summed E-state index contributed by atoms with van der Waals surface area (Å²) in [5.74, 6) is 0. The molecule has 0 spiro atoms. The van der Waals surface area contributed by atoms with E-state index < -0.39 is 0 Å². The fourth-order valence-corrected chi connectivity index (χ4v) is 1.33. The van der Waals surface area contributed by atoms with E-state index in [4.69, 9.17) is 0 Å². The number of allylic oxidation sites excluding steroid dienone is 1. The van der Waals surface area contributed by atoms with Crippen LogP contribution in [-0.2, 0) is 0 Å². The normalized spacial score (nSPS) is 12.7. The van der Waals surface area contributed by atoms with Gasteiger partial charge in [0.25, 0.3) is 0 Å². The highest BCUT2D eigenvalue weighted by Crippen LogP contribution is 2.05. The largest absolute Gasteiger partial charge is 0.314 e.